The molecular formula is C12H22N4S. The van der Waals surface area contributed by atoms with E-state index in [0.29, 0.717) is 6.04 Å². The average molecular weight is 254 g/mol. The predicted octanol–water partition coefficient (Wildman–Crippen LogP) is 1.57. The predicted molar refractivity (Wildman–Crippen MR) is 73.9 cm³/mol. The van der Waals surface area contributed by atoms with Crippen molar-refractivity contribution < 1.29 is 0 Å². The Morgan fingerprint density at radius 1 is 1.41 bits per heavy atom. The number of rotatable bonds is 4. The summed E-state index contributed by atoms with van der Waals surface area (Å²) in [6.07, 6.45) is 2.02. The molecule has 0 saturated carbocycles. The molecule has 1 aromatic rings. The van der Waals surface area contributed by atoms with Crippen molar-refractivity contribution in [3.63, 3.8) is 0 Å². The van der Waals surface area contributed by atoms with Crippen LogP contribution in [0.25, 0.3) is 0 Å². The van der Waals surface area contributed by atoms with Crippen LogP contribution in [0.1, 0.15) is 24.8 Å². The molecule has 96 valence electrons. The minimum absolute atomic E-state index is 0.415. The summed E-state index contributed by atoms with van der Waals surface area (Å²) < 4.78 is 0. The lowest BCUT2D eigenvalue weighted by Gasteiger charge is -2.32. The second-order valence-electron chi connectivity index (χ2n) is 4.61. The van der Waals surface area contributed by atoms with Gasteiger partial charge >= 0.3 is 0 Å². The van der Waals surface area contributed by atoms with Crippen LogP contribution < -0.4 is 10.2 Å². The highest BCUT2D eigenvalue weighted by molar-refractivity contribution is 7.15. The fraction of sp³-hybridized carbons (Fsp3) is 0.750. The summed E-state index contributed by atoms with van der Waals surface area (Å²) in [5.41, 5.74) is 0. The quantitative estimate of drug-likeness (QED) is 0.884. The summed E-state index contributed by atoms with van der Waals surface area (Å²) in [7, 11) is 2.18. The Kier molecular flexibility index (Phi) is 4.36. The Morgan fingerprint density at radius 2 is 2.12 bits per heavy atom. The molecule has 2 rings (SSSR count). The van der Waals surface area contributed by atoms with Gasteiger partial charge in [0.25, 0.3) is 0 Å². The molecule has 1 aliphatic rings. The first kappa shape index (κ1) is 12.8. The van der Waals surface area contributed by atoms with E-state index in [2.05, 4.69) is 41.0 Å². The van der Waals surface area contributed by atoms with E-state index in [1.807, 2.05) is 17.5 Å². The number of hydrogen-bond acceptors (Lipinski definition) is 5. The van der Waals surface area contributed by atoms with Crippen LogP contribution in [0.2, 0.25) is 0 Å². The van der Waals surface area contributed by atoms with Gasteiger partial charge in [-0.05, 0) is 20.5 Å². The molecule has 0 aromatic carbocycles. The number of thiazole rings is 1. The number of likely N-dealkylation sites (N-methyl/N-ethyl adjacent to an activating group) is 1. The Hall–Kier alpha value is -0.650. The van der Waals surface area contributed by atoms with Crippen LogP contribution in [0.3, 0.4) is 0 Å². The van der Waals surface area contributed by atoms with Crippen LogP contribution in [0.4, 0.5) is 5.13 Å². The summed E-state index contributed by atoms with van der Waals surface area (Å²) in [4.78, 5) is 10.7. The highest BCUT2D eigenvalue weighted by Crippen LogP contribution is 2.27. The van der Waals surface area contributed by atoms with Gasteiger partial charge in [0, 0.05) is 43.3 Å². The second kappa shape index (κ2) is 5.80. The molecule has 4 nitrogen and oxygen atoms in total. The summed E-state index contributed by atoms with van der Waals surface area (Å²) in [5, 5.41) is 4.61. The lowest BCUT2D eigenvalue weighted by Crippen LogP contribution is -2.44. The lowest BCUT2D eigenvalue weighted by atomic mass is 10.3. The van der Waals surface area contributed by atoms with E-state index < -0.39 is 0 Å². The minimum Gasteiger partial charge on any atom is -0.346 e. The molecular weight excluding hydrogens is 232 g/mol. The highest BCUT2D eigenvalue weighted by Gasteiger charge is 2.18. The number of piperazine rings is 1. The van der Waals surface area contributed by atoms with Gasteiger partial charge in [-0.25, -0.2) is 4.98 Å². The van der Waals surface area contributed by atoms with Crippen LogP contribution in [0.5, 0.6) is 0 Å². The van der Waals surface area contributed by atoms with Crippen LogP contribution in [-0.4, -0.2) is 49.7 Å². The first-order valence-electron chi connectivity index (χ1n) is 6.33. The van der Waals surface area contributed by atoms with Crippen molar-refractivity contribution in [2.45, 2.75) is 19.9 Å². The molecule has 1 fully saturated rings. The molecule has 17 heavy (non-hydrogen) atoms. The van der Waals surface area contributed by atoms with Crippen LogP contribution in [-0.2, 0) is 0 Å². The number of aromatic nitrogens is 1. The van der Waals surface area contributed by atoms with Crippen molar-refractivity contribution in [1.82, 2.24) is 15.2 Å². The van der Waals surface area contributed by atoms with Crippen molar-refractivity contribution in [1.29, 1.82) is 0 Å². The number of nitrogens with one attached hydrogen (secondary N) is 1. The Bertz CT molecular complexity index is 344. The van der Waals surface area contributed by atoms with Crippen molar-refractivity contribution in [3.05, 3.63) is 11.1 Å². The third-order valence-electron chi connectivity index (χ3n) is 3.22. The zero-order valence-corrected chi connectivity index (χ0v) is 11.8. The Labute approximate surface area is 108 Å². The number of hydrogen-bond donors (Lipinski definition) is 1. The summed E-state index contributed by atoms with van der Waals surface area (Å²) in [6, 6.07) is 0.415. The maximum Gasteiger partial charge on any atom is 0.185 e. The summed E-state index contributed by atoms with van der Waals surface area (Å²) >= 11 is 1.82. The van der Waals surface area contributed by atoms with E-state index in [9.17, 15) is 0 Å². The summed E-state index contributed by atoms with van der Waals surface area (Å²) in [5.74, 6) is 0. The molecule has 1 atom stereocenters. The first-order chi connectivity index (χ1) is 8.20. The molecule has 1 N–H and O–H groups in total. The summed E-state index contributed by atoms with van der Waals surface area (Å²) in [6.45, 7) is 9.81. The standard InChI is InChI=1S/C12H22N4S/c1-4-13-10(2)11-9-14-12(17-11)16-7-5-15(3)6-8-16/h9-10,13H,4-8H2,1-3H3. The zero-order valence-electron chi connectivity index (χ0n) is 10.9. The van der Waals surface area contributed by atoms with Crippen LogP contribution in [0, 0.1) is 0 Å². The van der Waals surface area contributed by atoms with Crippen molar-refractivity contribution in [2.75, 3.05) is 44.7 Å². The van der Waals surface area contributed by atoms with Crippen molar-refractivity contribution >= 4 is 16.5 Å². The maximum atomic E-state index is 4.55. The highest BCUT2D eigenvalue weighted by atomic mass is 32.1. The van der Waals surface area contributed by atoms with Gasteiger partial charge < -0.3 is 15.1 Å². The number of nitrogens with zero attached hydrogens (tertiary/aromatic N) is 3. The Balaban J connectivity index is 1.98. The molecule has 2 heterocycles. The van der Waals surface area contributed by atoms with E-state index in [0.717, 1.165) is 32.7 Å². The molecule has 0 bridgehead atoms. The molecule has 5 heteroatoms. The average Bonchev–Trinajstić information content (AvgIpc) is 2.80. The molecule has 0 spiro atoms. The zero-order chi connectivity index (χ0) is 12.3. The van der Waals surface area contributed by atoms with Gasteiger partial charge in [-0.15, -0.1) is 11.3 Å². The van der Waals surface area contributed by atoms with E-state index >= 15 is 0 Å². The van der Waals surface area contributed by atoms with Gasteiger partial charge in [0.2, 0.25) is 0 Å². The van der Waals surface area contributed by atoms with E-state index in [1.165, 1.54) is 10.0 Å². The SMILES string of the molecule is CCNC(C)c1cnc(N2CCN(C)CC2)s1. The van der Waals surface area contributed by atoms with Gasteiger partial charge in [-0.1, -0.05) is 6.92 Å². The largest absolute Gasteiger partial charge is 0.346 e. The van der Waals surface area contributed by atoms with Crippen molar-refractivity contribution in [3.8, 4) is 0 Å². The monoisotopic (exact) mass is 254 g/mol. The fourth-order valence-corrected chi connectivity index (χ4v) is 3.02. The van der Waals surface area contributed by atoms with Gasteiger partial charge in [0.15, 0.2) is 5.13 Å². The molecule has 1 unspecified atom stereocenters. The topological polar surface area (TPSA) is 31.4 Å². The smallest absolute Gasteiger partial charge is 0.185 e. The van der Waals surface area contributed by atoms with Gasteiger partial charge in [-0.3, -0.25) is 0 Å². The normalized spacial score (nSPS) is 19.6. The van der Waals surface area contributed by atoms with Crippen LogP contribution in [0.15, 0.2) is 6.20 Å². The fourth-order valence-electron chi connectivity index (χ4n) is 2.03. The molecule has 0 aliphatic carbocycles. The van der Waals surface area contributed by atoms with Crippen molar-refractivity contribution in [2.24, 2.45) is 0 Å². The number of anilines is 1. The molecule has 0 amide bonds. The second-order valence-corrected chi connectivity index (χ2v) is 5.66. The van der Waals surface area contributed by atoms with Gasteiger partial charge in [0.05, 0.1) is 0 Å². The van der Waals surface area contributed by atoms with Gasteiger partial charge in [0.1, 0.15) is 0 Å². The first-order valence-corrected chi connectivity index (χ1v) is 7.15. The van der Waals surface area contributed by atoms with E-state index in [-0.39, 0.29) is 0 Å². The minimum atomic E-state index is 0.415. The third-order valence-corrected chi connectivity index (χ3v) is 4.46. The van der Waals surface area contributed by atoms with E-state index in [1.54, 1.807) is 0 Å². The lowest BCUT2D eigenvalue weighted by molar-refractivity contribution is 0.313. The third kappa shape index (κ3) is 3.18. The molecule has 1 aliphatic heterocycles. The Morgan fingerprint density at radius 3 is 2.76 bits per heavy atom. The van der Waals surface area contributed by atoms with Crippen LogP contribution >= 0.6 is 11.3 Å². The molecule has 1 aromatic heterocycles. The maximum absolute atomic E-state index is 4.55. The molecule has 0 radical (unpaired) electrons. The molecule has 1 saturated heterocycles. The van der Waals surface area contributed by atoms with E-state index in [4.69, 9.17) is 0 Å². The van der Waals surface area contributed by atoms with Gasteiger partial charge in [-0.2, -0.15) is 0 Å².